The van der Waals surface area contributed by atoms with E-state index in [4.69, 9.17) is 0 Å². The van der Waals surface area contributed by atoms with Gasteiger partial charge in [0.2, 0.25) is 10.9 Å². The van der Waals surface area contributed by atoms with E-state index in [0.717, 1.165) is 0 Å². The summed E-state index contributed by atoms with van der Waals surface area (Å²) in [5.74, 6) is 0. The number of hydrogen-bond donors (Lipinski definition) is 2. The summed E-state index contributed by atoms with van der Waals surface area (Å²) in [5.41, 5.74) is 1.01. The number of nitrogens with one attached hydrogen (secondary N) is 2. The minimum Gasteiger partial charge on any atom is -0.380 e. The SMILES string of the molecule is O=c1cccccc1NCCNc1cccccc1=O. The monoisotopic (exact) mass is 268 g/mol. The normalized spacial score (nSPS) is 9.80. The molecule has 4 heteroatoms. The van der Waals surface area contributed by atoms with Gasteiger partial charge in [-0.2, -0.15) is 0 Å². The summed E-state index contributed by atoms with van der Waals surface area (Å²) in [5, 5.41) is 6.11. The molecule has 2 aromatic rings. The molecular formula is C16H16N2O2. The first-order valence-corrected chi connectivity index (χ1v) is 6.44. The lowest BCUT2D eigenvalue weighted by atomic mass is 10.4. The van der Waals surface area contributed by atoms with Gasteiger partial charge in [-0.1, -0.05) is 36.4 Å². The predicted octanol–water partition coefficient (Wildman–Crippen LogP) is 1.93. The second-order valence-electron chi connectivity index (χ2n) is 4.23. The highest BCUT2D eigenvalue weighted by Gasteiger charge is 1.96. The van der Waals surface area contributed by atoms with E-state index in [0.29, 0.717) is 24.5 Å². The van der Waals surface area contributed by atoms with Gasteiger partial charge in [-0.05, 0) is 24.3 Å². The van der Waals surface area contributed by atoms with E-state index in [1.165, 1.54) is 12.1 Å². The summed E-state index contributed by atoms with van der Waals surface area (Å²) in [6, 6.07) is 17.2. The van der Waals surface area contributed by atoms with Gasteiger partial charge in [-0.15, -0.1) is 0 Å². The largest absolute Gasteiger partial charge is 0.380 e. The Morgan fingerprint density at radius 3 is 1.45 bits per heavy atom. The Morgan fingerprint density at radius 1 is 0.600 bits per heavy atom. The fourth-order valence-electron chi connectivity index (χ4n) is 1.75. The highest BCUT2D eigenvalue weighted by molar-refractivity contribution is 5.44. The van der Waals surface area contributed by atoms with Gasteiger partial charge < -0.3 is 10.6 Å². The third-order valence-corrected chi connectivity index (χ3v) is 2.75. The Kier molecular flexibility index (Phi) is 4.89. The molecule has 0 saturated carbocycles. The van der Waals surface area contributed by atoms with Crippen LogP contribution in [0.5, 0.6) is 0 Å². The van der Waals surface area contributed by atoms with Gasteiger partial charge in [-0.3, -0.25) is 9.59 Å². The molecule has 20 heavy (non-hydrogen) atoms. The van der Waals surface area contributed by atoms with Crippen molar-refractivity contribution in [3.05, 3.63) is 81.1 Å². The van der Waals surface area contributed by atoms with Gasteiger partial charge in [0.25, 0.3) is 0 Å². The molecule has 0 radical (unpaired) electrons. The van der Waals surface area contributed by atoms with Crippen molar-refractivity contribution in [2.45, 2.75) is 0 Å². The van der Waals surface area contributed by atoms with Gasteiger partial charge >= 0.3 is 0 Å². The Morgan fingerprint density at radius 2 is 1.00 bits per heavy atom. The van der Waals surface area contributed by atoms with Crippen LogP contribution in [0, 0.1) is 0 Å². The van der Waals surface area contributed by atoms with E-state index in [2.05, 4.69) is 10.6 Å². The van der Waals surface area contributed by atoms with E-state index in [9.17, 15) is 9.59 Å². The molecule has 0 heterocycles. The molecule has 0 aliphatic carbocycles. The van der Waals surface area contributed by atoms with E-state index >= 15 is 0 Å². The topological polar surface area (TPSA) is 58.2 Å². The average molecular weight is 268 g/mol. The first kappa shape index (κ1) is 13.8. The lowest BCUT2D eigenvalue weighted by Gasteiger charge is -2.06. The second-order valence-corrected chi connectivity index (χ2v) is 4.23. The van der Waals surface area contributed by atoms with Crippen LogP contribution in [0.15, 0.2) is 70.3 Å². The number of hydrogen-bond acceptors (Lipinski definition) is 4. The number of anilines is 2. The zero-order valence-electron chi connectivity index (χ0n) is 11.0. The van der Waals surface area contributed by atoms with Crippen molar-refractivity contribution in [2.75, 3.05) is 23.7 Å². The summed E-state index contributed by atoms with van der Waals surface area (Å²) in [6.07, 6.45) is 0. The third-order valence-electron chi connectivity index (χ3n) is 2.75. The molecule has 0 aliphatic rings. The molecule has 4 nitrogen and oxygen atoms in total. The Bertz CT molecular complexity index is 626. The summed E-state index contributed by atoms with van der Waals surface area (Å²) >= 11 is 0. The fourth-order valence-corrected chi connectivity index (χ4v) is 1.75. The van der Waals surface area contributed by atoms with Crippen molar-refractivity contribution in [2.24, 2.45) is 0 Å². The van der Waals surface area contributed by atoms with E-state index in [1.54, 1.807) is 36.4 Å². The maximum absolute atomic E-state index is 11.6. The molecule has 0 bridgehead atoms. The van der Waals surface area contributed by atoms with Crippen LogP contribution in [0.2, 0.25) is 0 Å². The fraction of sp³-hybridized carbons (Fsp3) is 0.125. The standard InChI is InChI=1S/C16H16N2O2/c19-15-9-5-1-3-7-13(15)17-11-12-18-14-8-4-2-6-10-16(14)20/h1-10H,11-12H2,(H,17,19)(H,18,20). The van der Waals surface area contributed by atoms with Crippen LogP contribution in [0.25, 0.3) is 0 Å². The van der Waals surface area contributed by atoms with Gasteiger partial charge in [0, 0.05) is 13.1 Å². The maximum atomic E-state index is 11.6. The Hall–Kier alpha value is -2.62. The van der Waals surface area contributed by atoms with Gasteiger partial charge in [0.1, 0.15) is 0 Å². The average Bonchev–Trinajstić information content (AvgIpc) is 2.77. The minimum atomic E-state index is -0.0503. The summed E-state index contributed by atoms with van der Waals surface area (Å²) in [6.45, 7) is 1.11. The van der Waals surface area contributed by atoms with Crippen LogP contribution in [0.3, 0.4) is 0 Å². The van der Waals surface area contributed by atoms with Crippen LogP contribution in [0.1, 0.15) is 0 Å². The first-order chi connectivity index (χ1) is 9.77. The molecule has 2 N–H and O–H groups in total. The van der Waals surface area contributed by atoms with E-state index in [-0.39, 0.29) is 10.9 Å². The summed E-state index contributed by atoms with van der Waals surface area (Å²) in [4.78, 5) is 23.3. The van der Waals surface area contributed by atoms with Crippen molar-refractivity contribution < 1.29 is 0 Å². The quantitative estimate of drug-likeness (QED) is 0.814. The Balaban J connectivity index is 1.92. The maximum Gasteiger partial charge on any atom is 0.201 e. The molecule has 102 valence electrons. The van der Waals surface area contributed by atoms with Gasteiger partial charge in [-0.25, -0.2) is 0 Å². The molecule has 0 unspecified atom stereocenters. The minimum absolute atomic E-state index is 0.0503. The highest BCUT2D eigenvalue weighted by Crippen LogP contribution is 1.98. The molecule has 0 fully saturated rings. The van der Waals surface area contributed by atoms with E-state index < -0.39 is 0 Å². The molecule has 2 rings (SSSR count). The molecule has 0 aliphatic heterocycles. The molecular weight excluding hydrogens is 252 g/mol. The zero-order valence-corrected chi connectivity index (χ0v) is 11.0. The molecule has 0 spiro atoms. The van der Waals surface area contributed by atoms with E-state index in [1.807, 2.05) is 12.1 Å². The molecule has 0 aromatic heterocycles. The van der Waals surface area contributed by atoms with Crippen molar-refractivity contribution in [3.63, 3.8) is 0 Å². The summed E-state index contributed by atoms with van der Waals surface area (Å²) in [7, 11) is 0. The van der Waals surface area contributed by atoms with Crippen LogP contribution < -0.4 is 21.5 Å². The molecule has 0 amide bonds. The van der Waals surface area contributed by atoms with Gasteiger partial charge in [0.15, 0.2) is 0 Å². The second kappa shape index (κ2) is 7.09. The van der Waals surface area contributed by atoms with Crippen molar-refractivity contribution in [3.8, 4) is 0 Å². The van der Waals surface area contributed by atoms with Crippen molar-refractivity contribution >= 4 is 11.4 Å². The third kappa shape index (κ3) is 3.95. The molecule has 0 atom stereocenters. The van der Waals surface area contributed by atoms with Crippen LogP contribution in [-0.4, -0.2) is 13.1 Å². The molecule has 0 saturated heterocycles. The smallest absolute Gasteiger partial charge is 0.201 e. The number of rotatable bonds is 5. The summed E-state index contributed by atoms with van der Waals surface area (Å²) < 4.78 is 0. The lowest BCUT2D eigenvalue weighted by molar-refractivity contribution is 1.07. The lowest BCUT2D eigenvalue weighted by Crippen LogP contribution is -2.19. The zero-order chi connectivity index (χ0) is 14.2. The Labute approximate surface area is 117 Å². The van der Waals surface area contributed by atoms with Crippen LogP contribution >= 0.6 is 0 Å². The van der Waals surface area contributed by atoms with Crippen molar-refractivity contribution in [1.29, 1.82) is 0 Å². The van der Waals surface area contributed by atoms with Crippen molar-refractivity contribution in [1.82, 2.24) is 0 Å². The van der Waals surface area contributed by atoms with Crippen LogP contribution in [-0.2, 0) is 0 Å². The predicted molar refractivity (Wildman–Crippen MR) is 82.4 cm³/mol. The highest BCUT2D eigenvalue weighted by atomic mass is 16.1. The molecule has 2 aromatic carbocycles. The first-order valence-electron chi connectivity index (χ1n) is 6.44. The van der Waals surface area contributed by atoms with Gasteiger partial charge in [0.05, 0.1) is 11.4 Å². The van der Waals surface area contributed by atoms with Crippen LogP contribution in [0.4, 0.5) is 11.4 Å².